The summed E-state index contributed by atoms with van der Waals surface area (Å²) in [5, 5.41) is 2.91. The molecule has 1 aliphatic heterocycles. The minimum atomic E-state index is -0.149. The number of cyclic esters (lactones) is 1. The molecule has 0 aromatic rings. The second-order valence-electron chi connectivity index (χ2n) is 1.93. The number of carbonyl (C=O) groups excluding carboxylic acids is 1. The molecule has 1 heterocycles. The van der Waals surface area contributed by atoms with Gasteiger partial charge in [0.2, 0.25) is 0 Å². The first-order valence-corrected chi connectivity index (χ1v) is 2.69. The minimum Gasteiger partial charge on any atom is -0.460 e. The molecule has 8 heavy (non-hydrogen) atoms. The Bertz CT molecular complexity index is 103. The van der Waals surface area contributed by atoms with Gasteiger partial charge in [0.25, 0.3) is 0 Å². The molecule has 0 aliphatic carbocycles. The van der Waals surface area contributed by atoms with E-state index in [9.17, 15) is 4.79 Å². The lowest BCUT2D eigenvalue weighted by atomic mass is 10.3. The van der Waals surface area contributed by atoms with Crippen molar-refractivity contribution in [1.29, 1.82) is 0 Å². The maximum atomic E-state index is 10.4. The number of carbonyl (C=O) groups is 1. The molecule has 0 unspecified atom stereocenters. The molecule has 0 bridgehead atoms. The van der Waals surface area contributed by atoms with Crippen LogP contribution in [-0.2, 0) is 9.53 Å². The van der Waals surface area contributed by atoms with Crippen LogP contribution in [0.15, 0.2) is 0 Å². The summed E-state index contributed by atoms with van der Waals surface area (Å²) in [7, 11) is 0. The predicted molar refractivity (Wildman–Crippen MR) is 28.4 cm³/mol. The van der Waals surface area contributed by atoms with Gasteiger partial charge < -0.3 is 10.1 Å². The van der Waals surface area contributed by atoms with E-state index in [0.29, 0.717) is 6.54 Å². The largest absolute Gasteiger partial charge is 0.460 e. The van der Waals surface area contributed by atoms with Gasteiger partial charge in [0, 0.05) is 6.54 Å². The molecule has 3 nitrogen and oxygen atoms in total. The summed E-state index contributed by atoms with van der Waals surface area (Å²) in [6, 6.07) is 0. The molecule has 0 spiro atoms. The Morgan fingerprint density at radius 3 is 3.00 bits per heavy atom. The van der Waals surface area contributed by atoms with Crippen LogP contribution in [0, 0.1) is 0 Å². The predicted octanol–water partition coefficient (Wildman–Crippen LogP) is -0.479. The molecule has 3 heteroatoms. The lowest BCUT2D eigenvalue weighted by Gasteiger charge is -2.18. The lowest BCUT2D eigenvalue weighted by Crippen LogP contribution is -2.40. The summed E-state index contributed by atoms with van der Waals surface area (Å²) in [5.74, 6) is -0.149. The zero-order valence-electron chi connectivity index (χ0n) is 4.81. The Balaban J connectivity index is 2.34. The van der Waals surface area contributed by atoms with E-state index in [0.717, 1.165) is 6.54 Å². The molecular weight excluding hydrogens is 106 g/mol. The molecule has 0 radical (unpaired) electrons. The minimum absolute atomic E-state index is 0.0521. The van der Waals surface area contributed by atoms with E-state index in [1.807, 2.05) is 6.92 Å². The molecule has 0 amide bonds. The average molecular weight is 115 g/mol. The summed E-state index contributed by atoms with van der Waals surface area (Å²) >= 11 is 0. The Labute approximate surface area is 48.0 Å². The van der Waals surface area contributed by atoms with Gasteiger partial charge in [-0.3, -0.25) is 4.79 Å². The van der Waals surface area contributed by atoms with E-state index in [1.54, 1.807) is 0 Å². The highest BCUT2D eigenvalue weighted by atomic mass is 16.5. The summed E-state index contributed by atoms with van der Waals surface area (Å²) in [6.45, 7) is 3.01. The van der Waals surface area contributed by atoms with Gasteiger partial charge in [-0.1, -0.05) is 0 Å². The van der Waals surface area contributed by atoms with Crippen LogP contribution in [0.5, 0.6) is 0 Å². The van der Waals surface area contributed by atoms with Crippen molar-refractivity contribution >= 4 is 5.97 Å². The topological polar surface area (TPSA) is 38.3 Å². The smallest absolute Gasteiger partial charge is 0.320 e. The Morgan fingerprint density at radius 2 is 2.62 bits per heavy atom. The van der Waals surface area contributed by atoms with E-state index < -0.39 is 0 Å². The second-order valence-corrected chi connectivity index (χ2v) is 1.93. The first-order valence-electron chi connectivity index (χ1n) is 2.69. The van der Waals surface area contributed by atoms with Crippen LogP contribution in [-0.4, -0.2) is 25.2 Å². The van der Waals surface area contributed by atoms with Gasteiger partial charge in [0.1, 0.15) is 6.10 Å². The van der Waals surface area contributed by atoms with Crippen molar-refractivity contribution in [2.45, 2.75) is 13.0 Å². The third kappa shape index (κ3) is 1.20. The van der Waals surface area contributed by atoms with Gasteiger partial charge >= 0.3 is 5.97 Å². The van der Waals surface area contributed by atoms with Crippen molar-refractivity contribution in [1.82, 2.24) is 5.32 Å². The monoisotopic (exact) mass is 115 g/mol. The van der Waals surface area contributed by atoms with Gasteiger partial charge in [-0.2, -0.15) is 0 Å². The maximum absolute atomic E-state index is 10.4. The number of esters is 1. The SMILES string of the molecule is C[C@H]1CNCC(=O)O1. The van der Waals surface area contributed by atoms with Crippen molar-refractivity contribution in [2.24, 2.45) is 0 Å². The van der Waals surface area contributed by atoms with Crippen LogP contribution in [0.25, 0.3) is 0 Å². The van der Waals surface area contributed by atoms with Crippen LogP contribution in [0.3, 0.4) is 0 Å². The van der Waals surface area contributed by atoms with E-state index in [4.69, 9.17) is 4.74 Å². The molecule has 1 saturated heterocycles. The van der Waals surface area contributed by atoms with Crippen LogP contribution in [0.4, 0.5) is 0 Å². The standard InChI is InChI=1S/C5H9NO2/c1-4-2-6-3-5(7)8-4/h4,6H,2-3H2,1H3/t4-/m0/s1. The maximum Gasteiger partial charge on any atom is 0.320 e. The first kappa shape index (κ1) is 5.56. The van der Waals surface area contributed by atoms with E-state index >= 15 is 0 Å². The lowest BCUT2D eigenvalue weighted by molar-refractivity contribution is -0.150. The molecule has 1 N–H and O–H groups in total. The quantitative estimate of drug-likeness (QED) is 0.433. The molecular formula is C5H9NO2. The van der Waals surface area contributed by atoms with Crippen molar-refractivity contribution in [3.8, 4) is 0 Å². The molecule has 0 aromatic carbocycles. The Kier molecular flexibility index (Phi) is 1.48. The van der Waals surface area contributed by atoms with Gasteiger partial charge in [0.05, 0.1) is 6.54 Å². The highest BCUT2D eigenvalue weighted by Crippen LogP contribution is 1.93. The molecule has 46 valence electrons. The Hall–Kier alpha value is -0.570. The van der Waals surface area contributed by atoms with E-state index in [1.165, 1.54) is 0 Å². The molecule has 1 rings (SSSR count). The Morgan fingerprint density at radius 1 is 1.88 bits per heavy atom. The number of morpholine rings is 1. The number of ether oxygens (including phenoxy) is 1. The van der Waals surface area contributed by atoms with E-state index in [-0.39, 0.29) is 12.1 Å². The number of hydrogen-bond acceptors (Lipinski definition) is 3. The summed E-state index contributed by atoms with van der Waals surface area (Å²) in [6.07, 6.45) is 0.0521. The van der Waals surface area contributed by atoms with Gasteiger partial charge in [0.15, 0.2) is 0 Å². The molecule has 0 saturated carbocycles. The third-order valence-electron chi connectivity index (χ3n) is 1.03. The van der Waals surface area contributed by atoms with Crippen molar-refractivity contribution in [2.75, 3.05) is 13.1 Å². The normalized spacial score (nSPS) is 29.6. The van der Waals surface area contributed by atoms with Gasteiger partial charge in [-0.25, -0.2) is 0 Å². The highest BCUT2D eigenvalue weighted by molar-refractivity contribution is 5.72. The average Bonchev–Trinajstić information content (AvgIpc) is 1.64. The fourth-order valence-electron chi connectivity index (χ4n) is 0.685. The van der Waals surface area contributed by atoms with Gasteiger partial charge in [-0.15, -0.1) is 0 Å². The summed E-state index contributed by atoms with van der Waals surface area (Å²) in [5.41, 5.74) is 0. The number of hydrogen-bond donors (Lipinski definition) is 1. The fraction of sp³-hybridized carbons (Fsp3) is 0.800. The molecule has 1 atom stereocenters. The third-order valence-corrected chi connectivity index (χ3v) is 1.03. The fourth-order valence-corrected chi connectivity index (χ4v) is 0.685. The second kappa shape index (κ2) is 2.13. The number of rotatable bonds is 0. The van der Waals surface area contributed by atoms with Crippen LogP contribution >= 0.6 is 0 Å². The van der Waals surface area contributed by atoms with Gasteiger partial charge in [-0.05, 0) is 6.92 Å². The summed E-state index contributed by atoms with van der Waals surface area (Å²) < 4.78 is 4.78. The van der Waals surface area contributed by atoms with Crippen LogP contribution in [0.1, 0.15) is 6.92 Å². The van der Waals surface area contributed by atoms with E-state index in [2.05, 4.69) is 5.32 Å². The van der Waals surface area contributed by atoms with Crippen molar-refractivity contribution < 1.29 is 9.53 Å². The van der Waals surface area contributed by atoms with Crippen LogP contribution < -0.4 is 5.32 Å². The summed E-state index contributed by atoms with van der Waals surface area (Å²) in [4.78, 5) is 10.4. The number of nitrogens with one attached hydrogen (secondary N) is 1. The van der Waals surface area contributed by atoms with Crippen LogP contribution in [0.2, 0.25) is 0 Å². The zero-order chi connectivity index (χ0) is 5.98. The zero-order valence-corrected chi connectivity index (χ0v) is 4.81. The highest BCUT2D eigenvalue weighted by Gasteiger charge is 2.13. The molecule has 0 aromatic heterocycles. The van der Waals surface area contributed by atoms with Crippen molar-refractivity contribution in [3.05, 3.63) is 0 Å². The molecule has 1 aliphatic rings. The first-order chi connectivity index (χ1) is 3.79. The van der Waals surface area contributed by atoms with Crippen molar-refractivity contribution in [3.63, 3.8) is 0 Å². The molecule has 1 fully saturated rings.